The Bertz CT molecular complexity index is 308. The molecule has 0 N–H and O–H groups in total. The monoisotopic (exact) mass is 196 g/mol. The van der Waals surface area contributed by atoms with Crippen LogP contribution in [0.2, 0.25) is 0 Å². The molecule has 4 heteroatoms. The van der Waals surface area contributed by atoms with Crippen LogP contribution in [0.3, 0.4) is 0 Å². The number of hydrogen-bond acceptors (Lipinski definition) is 4. The Labute approximate surface area is 81.3 Å². The third-order valence-corrected chi connectivity index (χ3v) is 3.48. The molecule has 0 unspecified atom stereocenters. The number of nitrogens with zero attached hydrogens (tertiary/aromatic N) is 2. The molecule has 0 radical (unpaired) electrons. The molecule has 13 heavy (non-hydrogen) atoms. The summed E-state index contributed by atoms with van der Waals surface area (Å²) >= 11 is 1.78. The van der Waals surface area contributed by atoms with Gasteiger partial charge in [-0.15, -0.1) is 11.3 Å². The van der Waals surface area contributed by atoms with Crippen LogP contribution in [0.5, 0.6) is 0 Å². The molecule has 1 fully saturated rings. The molecule has 70 valence electrons. The highest BCUT2D eigenvalue weighted by atomic mass is 32.1. The fraction of sp³-hybridized carbons (Fsp3) is 0.667. The number of rotatable bonds is 2. The average molecular weight is 196 g/mol. The van der Waals surface area contributed by atoms with E-state index in [1.807, 2.05) is 5.51 Å². The predicted octanol–water partition coefficient (Wildman–Crippen LogP) is 0.900. The second-order valence-electron chi connectivity index (χ2n) is 3.66. The van der Waals surface area contributed by atoms with Gasteiger partial charge in [0.05, 0.1) is 23.9 Å². The highest BCUT2D eigenvalue weighted by Gasteiger charge is 2.27. The van der Waals surface area contributed by atoms with Gasteiger partial charge < -0.3 is 4.74 Å². The Hall–Kier alpha value is -0.450. The molecule has 1 aromatic heterocycles. The maximum absolute atomic E-state index is 5.23. The Morgan fingerprint density at radius 3 is 3.46 bits per heavy atom. The zero-order valence-corrected chi connectivity index (χ0v) is 8.22. The van der Waals surface area contributed by atoms with Crippen LogP contribution in [-0.4, -0.2) is 35.7 Å². The molecule has 3 heterocycles. The summed E-state index contributed by atoms with van der Waals surface area (Å²) in [7, 11) is 0. The smallest absolute Gasteiger partial charge is 0.0936 e. The van der Waals surface area contributed by atoms with Gasteiger partial charge in [-0.05, 0) is 0 Å². The summed E-state index contributed by atoms with van der Waals surface area (Å²) in [6.45, 7) is 4.31. The number of fused-ring (bicyclic) bond motifs is 1. The summed E-state index contributed by atoms with van der Waals surface area (Å²) in [5.41, 5.74) is 3.28. The molecule has 1 saturated heterocycles. The number of thiazole rings is 1. The summed E-state index contributed by atoms with van der Waals surface area (Å²) in [5.74, 6) is 0. The zero-order valence-electron chi connectivity index (χ0n) is 7.40. The van der Waals surface area contributed by atoms with Crippen LogP contribution in [-0.2, 0) is 17.7 Å². The number of hydrogen-bond donors (Lipinski definition) is 0. The van der Waals surface area contributed by atoms with Gasteiger partial charge in [-0.3, -0.25) is 4.90 Å². The van der Waals surface area contributed by atoms with Gasteiger partial charge in [-0.1, -0.05) is 0 Å². The molecule has 0 bridgehead atoms. The summed E-state index contributed by atoms with van der Waals surface area (Å²) in [6.07, 6.45) is 1.64. The molecule has 1 aromatic rings. The molecule has 0 saturated carbocycles. The van der Waals surface area contributed by atoms with Gasteiger partial charge >= 0.3 is 0 Å². The Morgan fingerprint density at radius 1 is 1.69 bits per heavy atom. The molecule has 0 aliphatic carbocycles. The lowest BCUT2D eigenvalue weighted by Crippen LogP contribution is -2.32. The van der Waals surface area contributed by atoms with Crippen LogP contribution in [0, 0.1) is 0 Å². The van der Waals surface area contributed by atoms with Crippen molar-refractivity contribution in [3.05, 3.63) is 16.1 Å². The van der Waals surface area contributed by atoms with E-state index in [0.717, 1.165) is 32.7 Å². The minimum absolute atomic E-state index is 0.523. The van der Waals surface area contributed by atoms with Crippen molar-refractivity contribution in [2.45, 2.75) is 19.1 Å². The summed E-state index contributed by atoms with van der Waals surface area (Å²) in [4.78, 5) is 8.27. The van der Waals surface area contributed by atoms with Crippen molar-refractivity contribution >= 4 is 11.3 Å². The second-order valence-corrected chi connectivity index (χ2v) is 4.60. The van der Waals surface area contributed by atoms with E-state index >= 15 is 0 Å². The summed E-state index contributed by atoms with van der Waals surface area (Å²) in [6, 6.07) is 0. The van der Waals surface area contributed by atoms with Crippen molar-refractivity contribution in [2.24, 2.45) is 0 Å². The van der Waals surface area contributed by atoms with Crippen molar-refractivity contribution in [2.75, 3.05) is 19.7 Å². The number of ether oxygens (including phenoxy) is 1. The first-order valence-electron chi connectivity index (χ1n) is 4.67. The molecular weight excluding hydrogens is 184 g/mol. The van der Waals surface area contributed by atoms with Crippen LogP contribution in [0.1, 0.15) is 10.6 Å². The normalized spacial score (nSPS) is 27.2. The Balaban J connectivity index is 1.69. The molecule has 0 spiro atoms. The van der Waals surface area contributed by atoms with Crippen molar-refractivity contribution in [3.8, 4) is 0 Å². The van der Waals surface area contributed by atoms with E-state index in [2.05, 4.69) is 9.88 Å². The highest BCUT2D eigenvalue weighted by molar-refractivity contribution is 7.09. The molecule has 0 amide bonds. The number of aromatic nitrogens is 1. The molecule has 0 aromatic carbocycles. The van der Waals surface area contributed by atoms with Gasteiger partial charge in [0.25, 0.3) is 0 Å². The van der Waals surface area contributed by atoms with Crippen molar-refractivity contribution in [3.63, 3.8) is 0 Å². The van der Waals surface area contributed by atoms with E-state index in [-0.39, 0.29) is 0 Å². The molecule has 3 rings (SSSR count). The fourth-order valence-electron chi connectivity index (χ4n) is 1.79. The topological polar surface area (TPSA) is 28.7 Å². The van der Waals surface area contributed by atoms with Crippen LogP contribution >= 0.6 is 11.3 Å². The van der Waals surface area contributed by atoms with Crippen LogP contribution in [0.25, 0.3) is 0 Å². The third kappa shape index (κ3) is 1.61. The zero-order chi connectivity index (χ0) is 8.67. The molecular formula is C9H12N2OS. The largest absolute Gasteiger partial charge is 0.372 e. The van der Waals surface area contributed by atoms with Crippen molar-refractivity contribution in [1.82, 2.24) is 9.88 Å². The van der Waals surface area contributed by atoms with Gasteiger partial charge in [-0.25, -0.2) is 4.98 Å². The first-order chi connectivity index (χ1) is 6.42. The molecule has 1 atom stereocenters. The second kappa shape index (κ2) is 3.04. The van der Waals surface area contributed by atoms with Gasteiger partial charge in [0, 0.05) is 30.9 Å². The summed E-state index contributed by atoms with van der Waals surface area (Å²) in [5, 5.41) is 0. The minimum atomic E-state index is 0.523. The number of epoxide rings is 1. The first-order valence-corrected chi connectivity index (χ1v) is 5.55. The molecule has 3 nitrogen and oxygen atoms in total. The van der Waals surface area contributed by atoms with E-state index in [9.17, 15) is 0 Å². The van der Waals surface area contributed by atoms with E-state index in [0.29, 0.717) is 6.10 Å². The highest BCUT2D eigenvalue weighted by Crippen LogP contribution is 2.23. The van der Waals surface area contributed by atoms with Crippen LogP contribution < -0.4 is 0 Å². The first kappa shape index (κ1) is 7.91. The van der Waals surface area contributed by atoms with Gasteiger partial charge in [0.1, 0.15) is 0 Å². The molecule has 2 aliphatic rings. The maximum Gasteiger partial charge on any atom is 0.0936 e. The fourth-order valence-corrected chi connectivity index (χ4v) is 2.64. The average Bonchev–Trinajstić information content (AvgIpc) is 2.83. The van der Waals surface area contributed by atoms with Gasteiger partial charge in [-0.2, -0.15) is 0 Å². The lowest BCUT2D eigenvalue weighted by molar-refractivity contribution is 0.227. The van der Waals surface area contributed by atoms with Crippen molar-refractivity contribution < 1.29 is 4.74 Å². The minimum Gasteiger partial charge on any atom is -0.372 e. The maximum atomic E-state index is 5.23. The van der Waals surface area contributed by atoms with E-state index < -0.39 is 0 Å². The van der Waals surface area contributed by atoms with E-state index in [4.69, 9.17) is 4.74 Å². The van der Waals surface area contributed by atoms with Crippen LogP contribution in [0.4, 0.5) is 0 Å². The Kier molecular flexibility index (Phi) is 1.85. The van der Waals surface area contributed by atoms with Gasteiger partial charge in [0.2, 0.25) is 0 Å². The van der Waals surface area contributed by atoms with Gasteiger partial charge in [0.15, 0.2) is 0 Å². The van der Waals surface area contributed by atoms with E-state index in [1.54, 1.807) is 11.3 Å². The Morgan fingerprint density at radius 2 is 2.62 bits per heavy atom. The summed E-state index contributed by atoms with van der Waals surface area (Å²) < 4.78 is 5.23. The lowest BCUT2D eigenvalue weighted by atomic mass is 10.2. The quantitative estimate of drug-likeness (QED) is 0.658. The van der Waals surface area contributed by atoms with Crippen molar-refractivity contribution in [1.29, 1.82) is 0 Å². The third-order valence-electron chi connectivity index (χ3n) is 2.62. The van der Waals surface area contributed by atoms with E-state index in [1.165, 1.54) is 10.6 Å². The molecule has 2 aliphatic heterocycles. The standard InChI is InChI=1S/C9H12N2OS/c1-2-11(3-7-5-12-7)4-9-8(1)10-6-13-9/h6-7H,1-5H2/t7-/m1/s1. The van der Waals surface area contributed by atoms with Crippen LogP contribution in [0.15, 0.2) is 5.51 Å². The predicted molar refractivity (Wildman–Crippen MR) is 50.8 cm³/mol. The lowest BCUT2D eigenvalue weighted by Gasteiger charge is -2.24. The SMILES string of the molecule is c1nc2c(s1)CN(C[C@@H]1CO1)CC2.